The third kappa shape index (κ3) is 7.92. The van der Waals surface area contributed by atoms with Crippen LogP contribution in [0.4, 0.5) is 16.3 Å². The van der Waals surface area contributed by atoms with Gasteiger partial charge in [0.05, 0.1) is 5.56 Å². The number of aromatic nitrogens is 2. The van der Waals surface area contributed by atoms with Crippen molar-refractivity contribution in [1.29, 1.82) is 0 Å². The van der Waals surface area contributed by atoms with Crippen LogP contribution < -0.4 is 16.0 Å². The van der Waals surface area contributed by atoms with Gasteiger partial charge in [0, 0.05) is 37.4 Å². The molecule has 0 aliphatic heterocycles. The van der Waals surface area contributed by atoms with Gasteiger partial charge in [0.25, 0.3) is 5.91 Å². The monoisotopic (exact) mass is 447 g/mol. The first-order chi connectivity index (χ1) is 15.8. The van der Waals surface area contributed by atoms with E-state index in [0.29, 0.717) is 36.6 Å². The van der Waals surface area contributed by atoms with Crippen LogP contribution in [0.5, 0.6) is 0 Å². The molecule has 8 heteroatoms. The van der Waals surface area contributed by atoms with Crippen molar-refractivity contribution in [3.05, 3.63) is 83.8 Å². The second-order valence-electron chi connectivity index (χ2n) is 8.44. The highest BCUT2D eigenvalue weighted by Crippen LogP contribution is 2.17. The van der Waals surface area contributed by atoms with Gasteiger partial charge >= 0.3 is 6.09 Å². The van der Waals surface area contributed by atoms with Gasteiger partial charge in [-0.2, -0.15) is 0 Å². The van der Waals surface area contributed by atoms with Crippen molar-refractivity contribution in [1.82, 2.24) is 15.3 Å². The third-order valence-corrected chi connectivity index (χ3v) is 4.56. The molecular weight excluding hydrogens is 418 g/mol. The molecule has 2 aromatic heterocycles. The molecule has 2 amide bonds. The molecule has 0 aliphatic carbocycles. The lowest BCUT2D eigenvalue weighted by Gasteiger charge is -2.19. The summed E-state index contributed by atoms with van der Waals surface area (Å²) in [4.78, 5) is 32.9. The molecule has 1 aromatic carbocycles. The zero-order valence-electron chi connectivity index (χ0n) is 19.1. The first-order valence-electron chi connectivity index (χ1n) is 10.7. The van der Waals surface area contributed by atoms with Gasteiger partial charge in [-0.05, 0) is 74.7 Å². The lowest BCUT2D eigenvalue weighted by Crippen LogP contribution is -2.33. The van der Waals surface area contributed by atoms with Crippen LogP contribution in [0.1, 0.15) is 42.3 Å². The summed E-state index contributed by atoms with van der Waals surface area (Å²) in [7, 11) is 0. The fourth-order valence-electron chi connectivity index (χ4n) is 2.99. The summed E-state index contributed by atoms with van der Waals surface area (Å²) >= 11 is 0. The Morgan fingerprint density at radius 3 is 2.36 bits per heavy atom. The molecule has 0 aliphatic rings. The number of rotatable bonds is 8. The highest BCUT2D eigenvalue weighted by molar-refractivity contribution is 6.07. The minimum atomic E-state index is -0.521. The quantitative estimate of drug-likeness (QED) is 0.472. The van der Waals surface area contributed by atoms with Gasteiger partial charge in [-0.25, -0.2) is 9.78 Å². The number of hydrogen-bond acceptors (Lipinski definition) is 6. The number of carbonyl (C=O) groups excluding carboxylic acids is 2. The van der Waals surface area contributed by atoms with E-state index in [0.717, 1.165) is 11.1 Å². The zero-order valence-corrected chi connectivity index (χ0v) is 19.1. The first kappa shape index (κ1) is 23.7. The van der Waals surface area contributed by atoms with Crippen molar-refractivity contribution in [2.45, 2.75) is 39.3 Å². The van der Waals surface area contributed by atoms with Gasteiger partial charge < -0.3 is 20.7 Å². The Morgan fingerprint density at radius 1 is 0.939 bits per heavy atom. The molecule has 3 rings (SSSR count). The van der Waals surface area contributed by atoms with Gasteiger partial charge in [-0.15, -0.1) is 0 Å². The maximum atomic E-state index is 12.8. The number of ether oxygens (including phenoxy) is 1. The van der Waals surface area contributed by atoms with Crippen LogP contribution >= 0.6 is 0 Å². The number of carbonyl (C=O) groups is 2. The molecule has 0 bridgehead atoms. The van der Waals surface area contributed by atoms with Gasteiger partial charge in [0.1, 0.15) is 11.4 Å². The fraction of sp³-hybridized carbons (Fsp3) is 0.280. The molecule has 172 valence electrons. The molecule has 0 atom stereocenters. The number of hydrogen-bond donors (Lipinski definition) is 3. The molecule has 3 N–H and O–H groups in total. The van der Waals surface area contributed by atoms with Crippen molar-refractivity contribution in [3.63, 3.8) is 0 Å². The van der Waals surface area contributed by atoms with E-state index in [1.165, 1.54) is 0 Å². The molecule has 3 aromatic rings. The molecule has 33 heavy (non-hydrogen) atoms. The number of amides is 2. The number of anilines is 2. The highest BCUT2D eigenvalue weighted by Gasteiger charge is 2.15. The molecule has 0 spiro atoms. The SMILES string of the molecule is CC(C)(C)OC(=O)NCCc1ccc(NC(=O)c2cccnc2NCc2ccncc2)cc1. The largest absolute Gasteiger partial charge is 0.444 e. The molecule has 0 saturated heterocycles. The van der Waals surface area contributed by atoms with Crippen molar-refractivity contribution in [2.24, 2.45) is 0 Å². The molecule has 0 saturated carbocycles. The molecule has 2 heterocycles. The summed E-state index contributed by atoms with van der Waals surface area (Å²) in [5, 5.41) is 8.85. The Bertz CT molecular complexity index is 1060. The second-order valence-corrected chi connectivity index (χ2v) is 8.44. The van der Waals surface area contributed by atoms with E-state index in [4.69, 9.17) is 4.74 Å². The fourth-order valence-corrected chi connectivity index (χ4v) is 2.99. The van der Waals surface area contributed by atoms with E-state index < -0.39 is 11.7 Å². The Kier molecular flexibility index (Phi) is 7.96. The van der Waals surface area contributed by atoms with Gasteiger partial charge in [-0.3, -0.25) is 9.78 Å². The summed E-state index contributed by atoms with van der Waals surface area (Å²) in [6, 6.07) is 14.8. The Labute approximate surface area is 193 Å². The van der Waals surface area contributed by atoms with Crippen LogP contribution in [0, 0.1) is 0 Å². The Balaban J connectivity index is 1.53. The molecule has 0 unspecified atom stereocenters. The van der Waals surface area contributed by atoms with E-state index in [9.17, 15) is 9.59 Å². The Morgan fingerprint density at radius 2 is 1.67 bits per heavy atom. The van der Waals surface area contributed by atoms with E-state index in [-0.39, 0.29) is 5.91 Å². The molecular formula is C25H29N5O3. The average molecular weight is 448 g/mol. The normalized spacial score (nSPS) is 10.9. The number of nitrogens with one attached hydrogen (secondary N) is 3. The Hall–Kier alpha value is -3.94. The summed E-state index contributed by atoms with van der Waals surface area (Å²) in [5.41, 5.74) is 2.68. The maximum absolute atomic E-state index is 12.8. The lowest BCUT2D eigenvalue weighted by atomic mass is 10.1. The summed E-state index contributed by atoms with van der Waals surface area (Å²) in [6.45, 7) is 6.47. The van der Waals surface area contributed by atoms with E-state index >= 15 is 0 Å². The third-order valence-electron chi connectivity index (χ3n) is 4.56. The average Bonchev–Trinajstić information content (AvgIpc) is 2.78. The number of nitrogens with zero attached hydrogens (tertiary/aromatic N) is 2. The molecule has 8 nitrogen and oxygen atoms in total. The van der Waals surface area contributed by atoms with Crippen LogP contribution in [-0.4, -0.2) is 34.1 Å². The van der Waals surface area contributed by atoms with Crippen LogP contribution in [0.2, 0.25) is 0 Å². The molecule has 0 fully saturated rings. The predicted molar refractivity (Wildman–Crippen MR) is 128 cm³/mol. The van der Waals surface area contributed by atoms with E-state index in [1.807, 2.05) is 57.2 Å². The van der Waals surface area contributed by atoms with Gasteiger partial charge in [-0.1, -0.05) is 12.1 Å². The van der Waals surface area contributed by atoms with Gasteiger partial charge in [0.15, 0.2) is 0 Å². The van der Waals surface area contributed by atoms with Gasteiger partial charge in [0.2, 0.25) is 0 Å². The van der Waals surface area contributed by atoms with Crippen molar-refractivity contribution < 1.29 is 14.3 Å². The summed E-state index contributed by atoms with van der Waals surface area (Å²) in [5.74, 6) is 0.260. The standard InChI is InChI=1S/C25H29N5O3/c1-25(2,3)33-24(32)28-16-12-18-6-8-20(9-7-18)30-23(31)21-5-4-13-27-22(21)29-17-19-10-14-26-15-11-19/h4-11,13-15H,12,16-17H2,1-3H3,(H,27,29)(H,28,32)(H,30,31). The van der Waals surface area contributed by atoms with Crippen molar-refractivity contribution >= 4 is 23.5 Å². The number of alkyl carbamates (subject to hydrolysis) is 1. The second kappa shape index (κ2) is 11.1. The topological polar surface area (TPSA) is 105 Å². The van der Waals surface area contributed by atoms with E-state index in [1.54, 1.807) is 30.7 Å². The summed E-state index contributed by atoms with van der Waals surface area (Å²) in [6.07, 6.45) is 5.31. The van der Waals surface area contributed by atoms with Crippen molar-refractivity contribution in [2.75, 3.05) is 17.2 Å². The van der Waals surface area contributed by atoms with Crippen LogP contribution in [0.15, 0.2) is 67.1 Å². The smallest absolute Gasteiger partial charge is 0.407 e. The van der Waals surface area contributed by atoms with Crippen molar-refractivity contribution in [3.8, 4) is 0 Å². The minimum Gasteiger partial charge on any atom is -0.444 e. The van der Waals surface area contributed by atoms with Crippen LogP contribution in [-0.2, 0) is 17.7 Å². The summed E-state index contributed by atoms with van der Waals surface area (Å²) < 4.78 is 5.22. The zero-order chi connectivity index (χ0) is 23.7. The van der Waals surface area contributed by atoms with Crippen LogP contribution in [0.3, 0.4) is 0 Å². The molecule has 0 radical (unpaired) electrons. The lowest BCUT2D eigenvalue weighted by molar-refractivity contribution is 0.0528. The van der Waals surface area contributed by atoms with E-state index in [2.05, 4.69) is 25.9 Å². The number of pyridine rings is 2. The van der Waals surface area contributed by atoms with Crippen LogP contribution in [0.25, 0.3) is 0 Å². The maximum Gasteiger partial charge on any atom is 0.407 e. The minimum absolute atomic E-state index is 0.250. The number of benzene rings is 1. The highest BCUT2D eigenvalue weighted by atomic mass is 16.6. The first-order valence-corrected chi connectivity index (χ1v) is 10.7. The predicted octanol–water partition coefficient (Wildman–Crippen LogP) is 4.41.